The summed E-state index contributed by atoms with van der Waals surface area (Å²) in [7, 11) is 0. The number of nitrogens with two attached hydrogens (primary N) is 1. The lowest BCUT2D eigenvalue weighted by atomic mass is 10.2. The fourth-order valence-corrected chi connectivity index (χ4v) is 2.01. The summed E-state index contributed by atoms with van der Waals surface area (Å²) >= 11 is 6.02. The van der Waals surface area contributed by atoms with Crippen molar-refractivity contribution in [3.8, 4) is 0 Å². The Morgan fingerprint density at radius 3 is 2.90 bits per heavy atom. The molecule has 3 N–H and O–H groups in total. The minimum absolute atomic E-state index is 0.0664. The summed E-state index contributed by atoms with van der Waals surface area (Å²) in [6.45, 7) is 4.25. The van der Waals surface area contributed by atoms with Crippen LogP contribution in [-0.2, 0) is 4.79 Å². The smallest absolute Gasteiger partial charge is 0.279 e. The monoisotopic (exact) mass is 293 g/mol. The lowest BCUT2D eigenvalue weighted by Gasteiger charge is -2.09. The quantitative estimate of drug-likeness (QED) is 0.890. The lowest BCUT2D eigenvalue weighted by Crippen LogP contribution is -2.86. The number of amides is 1. The molecule has 1 atom stereocenters. The largest absolute Gasteiger partial charge is 0.463 e. The number of hydrogen-bond acceptors (Lipinski definition) is 2. The highest BCUT2D eigenvalue weighted by Gasteiger charge is 2.13. The van der Waals surface area contributed by atoms with Gasteiger partial charge in [-0.15, -0.1) is 0 Å². The molecule has 5 heteroatoms. The normalized spacial score (nSPS) is 12.2. The molecule has 2 aromatic rings. The van der Waals surface area contributed by atoms with Crippen LogP contribution in [0.1, 0.15) is 24.3 Å². The molecule has 1 aromatic carbocycles. The second kappa shape index (κ2) is 6.59. The maximum Gasteiger partial charge on any atom is 0.279 e. The van der Waals surface area contributed by atoms with Gasteiger partial charge in [-0.25, -0.2) is 0 Å². The van der Waals surface area contributed by atoms with Gasteiger partial charge in [-0.05, 0) is 43.7 Å². The molecular weight excluding hydrogens is 276 g/mol. The number of aryl methyl sites for hydroxylation is 1. The SMILES string of the molecule is Cc1ccc(NC(=O)C[NH2+][C@H](C)c2ccco2)cc1Cl. The first kappa shape index (κ1) is 14.6. The van der Waals surface area contributed by atoms with Crippen molar-refractivity contribution in [1.29, 1.82) is 0 Å². The molecule has 0 saturated heterocycles. The van der Waals surface area contributed by atoms with E-state index in [1.165, 1.54) is 0 Å². The van der Waals surface area contributed by atoms with E-state index < -0.39 is 0 Å². The molecule has 0 aliphatic carbocycles. The first-order valence-corrected chi connectivity index (χ1v) is 6.87. The van der Waals surface area contributed by atoms with Crippen LogP contribution in [-0.4, -0.2) is 12.5 Å². The third-order valence-electron chi connectivity index (χ3n) is 3.10. The molecule has 2 rings (SSSR count). The highest BCUT2D eigenvalue weighted by molar-refractivity contribution is 6.31. The average Bonchev–Trinajstić information content (AvgIpc) is 2.94. The second-order valence-electron chi connectivity index (χ2n) is 4.76. The van der Waals surface area contributed by atoms with Crippen LogP contribution in [0.3, 0.4) is 0 Å². The first-order valence-electron chi connectivity index (χ1n) is 6.49. The molecule has 106 valence electrons. The van der Waals surface area contributed by atoms with Crippen molar-refractivity contribution in [2.24, 2.45) is 0 Å². The van der Waals surface area contributed by atoms with E-state index in [0.717, 1.165) is 11.3 Å². The summed E-state index contributed by atoms with van der Waals surface area (Å²) in [5.41, 5.74) is 1.70. The van der Waals surface area contributed by atoms with E-state index in [9.17, 15) is 4.79 Å². The third kappa shape index (κ3) is 3.85. The maximum atomic E-state index is 11.9. The van der Waals surface area contributed by atoms with E-state index in [2.05, 4.69) is 5.32 Å². The van der Waals surface area contributed by atoms with Crippen LogP contribution < -0.4 is 10.6 Å². The van der Waals surface area contributed by atoms with Crippen molar-refractivity contribution in [3.05, 3.63) is 52.9 Å². The van der Waals surface area contributed by atoms with Gasteiger partial charge in [0, 0.05) is 10.7 Å². The van der Waals surface area contributed by atoms with Crippen molar-refractivity contribution >= 4 is 23.2 Å². The van der Waals surface area contributed by atoms with Crippen molar-refractivity contribution < 1.29 is 14.5 Å². The number of furan rings is 1. The van der Waals surface area contributed by atoms with Crippen molar-refractivity contribution in [1.82, 2.24) is 0 Å². The Morgan fingerprint density at radius 1 is 1.45 bits per heavy atom. The molecule has 0 spiro atoms. The number of anilines is 1. The Morgan fingerprint density at radius 2 is 2.25 bits per heavy atom. The van der Waals surface area contributed by atoms with Gasteiger partial charge in [0.1, 0.15) is 6.04 Å². The number of hydrogen-bond donors (Lipinski definition) is 2. The molecule has 0 bridgehead atoms. The van der Waals surface area contributed by atoms with Crippen LogP contribution >= 0.6 is 11.6 Å². The van der Waals surface area contributed by atoms with Gasteiger partial charge in [-0.3, -0.25) is 4.79 Å². The van der Waals surface area contributed by atoms with Gasteiger partial charge in [0.25, 0.3) is 5.91 Å². The summed E-state index contributed by atoms with van der Waals surface area (Å²) in [6.07, 6.45) is 1.63. The highest BCUT2D eigenvalue weighted by Crippen LogP contribution is 2.19. The van der Waals surface area contributed by atoms with Crippen LogP contribution in [0, 0.1) is 6.92 Å². The number of nitrogens with one attached hydrogen (secondary N) is 1. The van der Waals surface area contributed by atoms with Crippen molar-refractivity contribution in [3.63, 3.8) is 0 Å². The van der Waals surface area contributed by atoms with Crippen LogP contribution in [0.4, 0.5) is 5.69 Å². The molecule has 1 amide bonds. The van der Waals surface area contributed by atoms with Crippen molar-refractivity contribution in [2.75, 3.05) is 11.9 Å². The Kier molecular flexibility index (Phi) is 4.82. The lowest BCUT2D eigenvalue weighted by molar-refractivity contribution is -0.684. The highest BCUT2D eigenvalue weighted by atomic mass is 35.5. The Labute approximate surface area is 123 Å². The van der Waals surface area contributed by atoms with Gasteiger partial charge in [-0.2, -0.15) is 0 Å². The molecular formula is C15H18ClN2O2+. The number of carbonyl (C=O) groups excluding carboxylic acids is 1. The molecule has 0 unspecified atom stereocenters. The molecule has 4 nitrogen and oxygen atoms in total. The average molecular weight is 294 g/mol. The number of halogens is 1. The zero-order chi connectivity index (χ0) is 14.5. The predicted octanol–water partition coefficient (Wildman–Crippen LogP) is 2.50. The molecule has 0 aliphatic rings. The topological polar surface area (TPSA) is 58.9 Å². The molecule has 0 aliphatic heterocycles. The minimum atomic E-state index is -0.0664. The molecule has 1 heterocycles. The fraction of sp³-hybridized carbons (Fsp3) is 0.267. The van der Waals surface area contributed by atoms with Crippen LogP contribution in [0.25, 0.3) is 0 Å². The van der Waals surface area contributed by atoms with E-state index in [0.29, 0.717) is 17.3 Å². The van der Waals surface area contributed by atoms with Crippen molar-refractivity contribution in [2.45, 2.75) is 19.9 Å². The third-order valence-corrected chi connectivity index (χ3v) is 3.51. The van der Waals surface area contributed by atoms with Gasteiger partial charge in [-0.1, -0.05) is 17.7 Å². The summed E-state index contributed by atoms with van der Waals surface area (Å²) in [4.78, 5) is 11.9. The number of quaternary nitrogens is 1. The standard InChI is InChI=1S/C15H17ClN2O2/c1-10-5-6-12(8-13(10)16)18-15(19)9-17-11(2)14-4-3-7-20-14/h3-8,11,17H,9H2,1-2H3,(H,18,19)/p+1/t11-/m1/s1. The van der Waals surface area contributed by atoms with Crippen LogP contribution in [0.15, 0.2) is 41.0 Å². The van der Waals surface area contributed by atoms with Gasteiger partial charge < -0.3 is 15.1 Å². The van der Waals surface area contributed by atoms with Crippen LogP contribution in [0.5, 0.6) is 0 Å². The Hall–Kier alpha value is -1.78. The van der Waals surface area contributed by atoms with Gasteiger partial charge >= 0.3 is 0 Å². The zero-order valence-corrected chi connectivity index (χ0v) is 12.3. The summed E-state index contributed by atoms with van der Waals surface area (Å²) in [5, 5.41) is 5.39. The Bertz CT molecular complexity index is 582. The maximum absolute atomic E-state index is 11.9. The van der Waals surface area contributed by atoms with Gasteiger partial charge in [0.15, 0.2) is 12.3 Å². The molecule has 20 heavy (non-hydrogen) atoms. The second-order valence-corrected chi connectivity index (χ2v) is 5.16. The van der Waals surface area contributed by atoms with E-state index >= 15 is 0 Å². The Balaban J connectivity index is 1.85. The zero-order valence-electron chi connectivity index (χ0n) is 11.5. The summed E-state index contributed by atoms with van der Waals surface area (Å²) < 4.78 is 5.29. The van der Waals surface area contributed by atoms with E-state index in [1.807, 2.05) is 43.4 Å². The van der Waals surface area contributed by atoms with Gasteiger partial charge in [0.05, 0.1) is 6.26 Å². The molecule has 1 aromatic heterocycles. The summed E-state index contributed by atoms with van der Waals surface area (Å²) in [5.74, 6) is 0.791. The number of carbonyl (C=O) groups is 1. The van der Waals surface area contributed by atoms with Gasteiger partial charge in [0.2, 0.25) is 0 Å². The fourth-order valence-electron chi connectivity index (χ4n) is 1.83. The first-order chi connectivity index (χ1) is 9.56. The molecule has 0 saturated carbocycles. The van der Waals surface area contributed by atoms with E-state index in [-0.39, 0.29) is 11.9 Å². The molecule has 0 fully saturated rings. The van der Waals surface area contributed by atoms with E-state index in [1.54, 1.807) is 12.3 Å². The van der Waals surface area contributed by atoms with E-state index in [4.69, 9.17) is 16.0 Å². The summed E-state index contributed by atoms with van der Waals surface area (Å²) in [6, 6.07) is 9.33. The number of benzene rings is 1. The number of rotatable bonds is 5. The minimum Gasteiger partial charge on any atom is -0.463 e. The van der Waals surface area contributed by atoms with Crippen LogP contribution in [0.2, 0.25) is 5.02 Å². The predicted molar refractivity (Wildman–Crippen MR) is 78.7 cm³/mol. The molecule has 0 radical (unpaired) electrons.